The quantitative estimate of drug-likeness (QED) is 0.907. The van der Waals surface area contributed by atoms with Gasteiger partial charge in [0.25, 0.3) is 0 Å². The van der Waals surface area contributed by atoms with Crippen molar-refractivity contribution in [1.29, 1.82) is 0 Å². The second kappa shape index (κ2) is 6.68. The summed E-state index contributed by atoms with van der Waals surface area (Å²) < 4.78 is 26.6. The van der Waals surface area contributed by atoms with Crippen LogP contribution in [0.5, 0.6) is 0 Å². The van der Waals surface area contributed by atoms with Crippen LogP contribution >= 0.6 is 0 Å². The van der Waals surface area contributed by atoms with Crippen molar-refractivity contribution >= 4 is 5.69 Å². The Bertz CT molecular complexity index is 596. The molecule has 2 aromatic carbocycles. The van der Waals surface area contributed by atoms with E-state index in [2.05, 4.69) is 4.90 Å². The lowest BCUT2D eigenvalue weighted by molar-refractivity contribution is 0.603. The molecule has 0 amide bonds. The number of hydrogen-bond acceptors (Lipinski definition) is 2. The normalized spacial score (nSPS) is 12.2. The first kappa shape index (κ1) is 15.4. The molecule has 2 N–H and O–H groups in total. The summed E-state index contributed by atoms with van der Waals surface area (Å²) in [7, 11) is 0. The van der Waals surface area contributed by atoms with Gasteiger partial charge >= 0.3 is 0 Å². The fourth-order valence-corrected chi connectivity index (χ4v) is 2.61. The van der Waals surface area contributed by atoms with Gasteiger partial charge in [-0.05, 0) is 61.4 Å². The second-order valence-corrected chi connectivity index (χ2v) is 5.01. The highest BCUT2D eigenvalue weighted by Crippen LogP contribution is 2.29. The minimum Gasteiger partial charge on any atom is -0.363 e. The van der Waals surface area contributed by atoms with Gasteiger partial charge in [0, 0.05) is 18.8 Å². The monoisotopic (exact) mass is 290 g/mol. The standard InChI is InChI=1S/C17H20F2N2/c1-3-21(15-8-6-13(18)7-9-15)17(11-20)16-10-14(19)5-4-12(16)2/h4-10,17H,3,11,20H2,1-2H3. The van der Waals surface area contributed by atoms with Crippen molar-refractivity contribution in [2.45, 2.75) is 19.9 Å². The van der Waals surface area contributed by atoms with Crippen LogP contribution in [-0.4, -0.2) is 13.1 Å². The molecular formula is C17H20F2N2. The Balaban J connectivity index is 2.42. The molecule has 2 aromatic rings. The summed E-state index contributed by atoms with van der Waals surface area (Å²) in [6, 6.07) is 10.9. The number of rotatable bonds is 5. The number of likely N-dealkylation sites (N-methyl/N-ethyl adjacent to an activating group) is 1. The summed E-state index contributed by atoms with van der Waals surface area (Å²) in [5, 5.41) is 0. The van der Waals surface area contributed by atoms with Crippen molar-refractivity contribution in [2.24, 2.45) is 5.73 Å². The molecule has 0 radical (unpaired) electrons. The summed E-state index contributed by atoms with van der Waals surface area (Å²) >= 11 is 0. The van der Waals surface area contributed by atoms with Gasteiger partial charge in [-0.3, -0.25) is 0 Å². The fraction of sp³-hybridized carbons (Fsp3) is 0.294. The SMILES string of the molecule is CCN(c1ccc(F)cc1)C(CN)c1cc(F)ccc1C. The molecule has 0 aliphatic heterocycles. The predicted octanol–water partition coefficient (Wildman–Crippen LogP) is 3.80. The number of nitrogens with two attached hydrogens (primary N) is 1. The number of nitrogens with zero attached hydrogens (tertiary/aromatic N) is 1. The highest BCUT2D eigenvalue weighted by atomic mass is 19.1. The zero-order valence-electron chi connectivity index (χ0n) is 12.3. The Morgan fingerprint density at radius 2 is 1.67 bits per heavy atom. The van der Waals surface area contributed by atoms with Gasteiger partial charge in [-0.2, -0.15) is 0 Å². The van der Waals surface area contributed by atoms with Crippen molar-refractivity contribution in [3.63, 3.8) is 0 Å². The summed E-state index contributed by atoms with van der Waals surface area (Å²) in [5.74, 6) is -0.551. The van der Waals surface area contributed by atoms with E-state index in [-0.39, 0.29) is 17.7 Å². The first-order chi connectivity index (χ1) is 10.1. The van der Waals surface area contributed by atoms with Gasteiger partial charge in [-0.25, -0.2) is 8.78 Å². The van der Waals surface area contributed by atoms with E-state index in [9.17, 15) is 8.78 Å². The number of hydrogen-bond donors (Lipinski definition) is 1. The van der Waals surface area contributed by atoms with Crippen molar-refractivity contribution in [3.8, 4) is 0 Å². The van der Waals surface area contributed by atoms with Gasteiger partial charge in [0.2, 0.25) is 0 Å². The van der Waals surface area contributed by atoms with E-state index in [1.165, 1.54) is 24.3 Å². The number of anilines is 1. The van der Waals surface area contributed by atoms with E-state index in [0.717, 1.165) is 16.8 Å². The molecule has 0 aliphatic carbocycles. The van der Waals surface area contributed by atoms with Crippen LogP contribution in [0.4, 0.5) is 14.5 Å². The third-order valence-electron chi connectivity index (χ3n) is 3.70. The van der Waals surface area contributed by atoms with Crippen LogP contribution in [0.25, 0.3) is 0 Å². The van der Waals surface area contributed by atoms with Crippen LogP contribution in [0.2, 0.25) is 0 Å². The molecule has 0 heterocycles. The zero-order chi connectivity index (χ0) is 15.4. The molecule has 0 aliphatic rings. The third-order valence-corrected chi connectivity index (χ3v) is 3.70. The van der Waals surface area contributed by atoms with Gasteiger partial charge in [0.1, 0.15) is 11.6 Å². The number of halogens is 2. The zero-order valence-corrected chi connectivity index (χ0v) is 12.3. The van der Waals surface area contributed by atoms with Crippen LogP contribution in [0.3, 0.4) is 0 Å². The maximum atomic E-state index is 13.6. The Hall–Kier alpha value is -1.94. The molecule has 2 rings (SSSR count). The molecule has 21 heavy (non-hydrogen) atoms. The summed E-state index contributed by atoms with van der Waals surface area (Å²) in [6.45, 7) is 5.00. The van der Waals surface area contributed by atoms with E-state index in [1.54, 1.807) is 18.2 Å². The molecule has 0 aromatic heterocycles. The number of benzene rings is 2. The molecule has 0 saturated carbocycles. The van der Waals surface area contributed by atoms with Crippen LogP contribution in [0.15, 0.2) is 42.5 Å². The van der Waals surface area contributed by atoms with Crippen LogP contribution in [-0.2, 0) is 0 Å². The molecule has 4 heteroatoms. The summed E-state index contributed by atoms with van der Waals surface area (Å²) in [4.78, 5) is 2.06. The van der Waals surface area contributed by atoms with E-state index >= 15 is 0 Å². The van der Waals surface area contributed by atoms with Crippen LogP contribution in [0, 0.1) is 18.6 Å². The lowest BCUT2D eigenvalue weighted by atomic mass is 9.99. The van der Waals surface area contributed by atoms with Gasteiger partial charge in [-0.15, -0.1) is 0 Å². The Morgan fingerprint density at radius 1 is 1.05 bits per heavy atom. The van der Waals surface area contributed by atoms with Gasteiger partial charge in [0.15, 0.2) is 0 Å². The summed E-state index contributed by atoms with van der Waals surface area (Å²) in [5.41, 5.74) is 8.66. The first-order valence-corrected chi connectivity index (χ1v) is 7.05. The molecule has 0 saturated heterocycles. The largest absolute Gasteiger partial charge is 0.363 e. The lowest BCUT2D eigenvalue weighted by Gasteiger charge is -2.33. The molecule has 1 atom stereocenters. The van der Waals surface area contributed by atoms with Crippen molar-refractivity contribution in [3.05, 3.63) is 65.2 Å². The fourth-order valence-electron chi connectivity index (χ4n) is 2.61. The smallest absolute Gasteiger partial charge is 0.123 e. The second-order valence-electron chi connectivity index (χ2n) is 5.01. The third kappa shape index (κ3) is 3.39. The van der Waals surface area contributed by atoms with E-state index in [1.807, 2.05) is 13.8 Å². The van der Waals surface area contributed by atoms with Gasteiger partial charge < -0.3 is 10.6 Å². The minimum absolute atomic E-state index is 0.142. The average Bonchev–Trinajstić information content (AvgIpc) is 2.49. The molecule has 2 nitrogen and oxygen atoms in total. The maximum absolute atomic E-state index is 13.6. The Kier molecular flexibility index (Phi) is 4.91. The molecule has 0 spiro atoms. The highest BCUT2D eigenvalue weighted by molar-refractivity contribution is 5.50. The van der Waals surface area contributed by atoms with Gasteiger partial charge in [-0.1, -0.05) is 6.07 Å². The van der Waals surface area contributed by atoms with E-state index in [0.29, 0.717) is 13.1 Å². The predicted molar refractivity (Wildman–Crippen MR) is 82.4 cm³/mol. The number of aryl methyl sites for hydroxylation is 1. The molecule has 112 valence electrons. The summed E-state index contributed by atoms with van der Waals surface area (Å²) in [6.07, 6.45) is 0. The van der Waals surface area contributed by atoms with Crippen molar-refractivity contribution in [2.75, 3.05) is 18.0 Å². The lowest BCUT2D eigenvalue weighted by Crippen LogP contribution is -2.34. The van der Waals surface area contributed by atoms with Crippen molar-refractivity contribution < 1.29 is 8.78 Å². The molecular weight excluding hydrogens is 270 g/mol. The maximum Gasteiger partial charge on any atom is 0.123 e. The van der Waals surface area contributed by atoms with Crippen LogP contribution in [0.1, 0.15) is 24.1 Å². The molecule has 1 unspecified atom stereocenters. The van der Waals surface area contributed by atoms with Gasteiger partial charge in [0.05, 0.1) is 6.04 Å². The first-order valence-electron chi connectivity index (χ1n) is 7.05. The average molecular weight is 290 g/mol. The highest BCUT2D eigenvalue weighted by Gasteiger charge is 2.20. The van der Waals surface area contributed by atoms with Crippen LogP contribution < -0.4 is 10.6 Å². The molecule has 0 fully saturated rings. The van der Waals surface area contributed by atoms with E-state index < -0.39 is 0 Å². The van der Waals surface area contributed by atoms with Crippen molar-refractivity contribution in [1.82, 2.24) is 0 Å². The Labute approximate surface area is 124 Å². The molecule has 0 bridgehead atoms. The Morgan fingerprint density at radius 3 is 2.24 bits per heavy atom. The minimum atomic E-state index is -0.277. The van der Waals surface area contributed by atoms with E-state index in [4.69, 9.17) is 5.73 Å². The topological polar surface area (TPSA) is 29.3 Å².